The number of nitrogens with zero attached hydrogens (tertiary/aromatic N) is 1. The van der Waals surface area contributed by atoms with Gasteiger partial charge in [-0.15, -0.1) is 0 Å². The van der Waals surface area contributed by atoms with Crippen LogP contribution in [0.25, 0.3) is 0 Å². The Labute approximate surface area is 66.0 Å². The number of ether oxygens (including phenoxy) is 1. The van der Waals surface area contributed by atoms with E-state index in [1.165, 1.54) is 19.2 Å². The SMILES string of the molecule is CC.COc1ccc(F)cn1. The fourth-order valence-corrected chi connectivity index (χ4v) is 0.483. The Morgan fingerprint density at radius 2 is 2.00 bits per heavy atom. The number of hydrogen-bond acceptors (Lipinski definition) is 2. The quantitative estimate of drug-likeness (QED) is 0.623. The third-order valence-corrected chi connectivity index (χ3v) is 0.909. The van der Waals surface area contributed by atoms with Crippen molar-refractivity contribution in [3.05, 3.63) is 24.1 Å². The summed E-state index contributed by atoms with van der Waals surface area (Å²) in [4.78, 5) is 3.60. The molecule has 0 N–H and O–H groups in total. The van der Waals surface area contributed by atoms with E-state index < -0.39 is 0 Å². The lowest BCUT2D eigenvalue weighted by Gasteiger charge is -1.94. The van der Waals surface area contributed by atoms with Crippen molar-refractivity contribution in [1.82, 2.24) is 4.98 Å². The van der Waals surface area contributed by atoms with Crippen LogP contribution in [0, 0.1) is 5.82 Å². The van der Waals surface area contributed by atoms with Gasteiger partial charge < -0.3 is 4.74 Å². The number of aromatic nitrogens is 1. The molecule has 1 rings (SSSR count). The first kappa shape index (κ1) is 9.88. The van der Waals surface area contributed by atoms with E-state index in [1.54, 1.807) is 0 Å². The average molecular weight is 157 g/mol. The highest BCUT2D eigenvalue weighted by Crippen LogP contribution is 2.03. The van der Waals surface area contributed by atoms with E-state index in [4.69, 9.17) is 4.74 Å². The van der Waals surface area contributed by atoms with Gasteiger partial charge in [-0.3, -0.25) is 0 Å². The first-order valence-corrected chi connectivity index (χ1v) is 3.48. The lowest BCUT2D eigenvalue weighted by molar-refractivity contribution is 0.396. The fourth-order valence-electron chi connectivity index (χ4n) is 0.483. The molecule has 0 aliphatic carbocycles. The summed E-state index contributed by atoms with van der Waals surface area (Å²) in [6.07, 6.45) is 1.11. The Hall–Kier alpha value is -1.12. The van der Waals surface area contributed by atoms with Crippen LogP contribution in [-0.4, -0.2) is 12.1 Å². The zero-order valence-electron chi connectivity index (χ0n) is 6.97. The maximum Gasteiger partial charge on any atom is 0.213 e. The van der Waals surface area contributed by atoms with E-state index >= 15 is 0 Å². The standard InChI is InChI=1S/C6H6FNO.C2H6/c1-9-6-3-2-5(7)4-8-6;1-2/h2-4H,1H3;1-2H3. The van der Waals surface area contributed by atoms with Crippen molar-refractivity contribution in [1.29, 1.82) is 0 Å². The number of hydrogen-bond donors (Lipinski definition) is 0. The summed E-state index contributed by atoms with van der Waals surface area (Å²) in [5.74, 6) is 0.0761. The number of halogens is 1. The van der Waals surface area contributed by atoms with Crippen LogP contribution in [0.1, 0.15) is 13.8 Å². The minimum absolute atomic E-state index is 0.351. The Morgan fingerprint density at radius 1 is 1.36 bits per heavy atom. The molecule has 0 spiro atoms. The highest BCUT2D eigenvalue weighted by Gasteiger charge is 1.90. The van der Waals surface area contributed by atoms with Gasteiger partial charge >= 0.3 is 0 Å². The van der Waals surface area contributed by atoms with Crippen molar-refractivity contribution in [3.63, 3.8) is 0 Å². The predicted molar refractivity (Wildman–Crippen MR) is 42.1 cm³/mol. The fraction of sp³-hybridized carbons (Fsp3) is 0.375. The molecule has 0 aliphatic heterocycles. The Kier molecular flexibility index (Phi) is 5.07. The monoisotopic (exact) mass is 157 g/mol. The van der Waals surface area contributed by atoms with Crippen LogP contribution in [-0.2, 0) is 0 Å². The lowest BCUT2D eigenvalue weighted by Crippen LogP contribution is -1.86. The van der Waals surface area contributed by atoms with Gasteiger partial charge in [-0.2, -0.15) is 0 Å². The highest BCUT2D eigenvalue weighted by molar-refractivity contribution is 5.09. The second-order valence-corrected chi connectivity index (χ2v) is 1.52. The first-order chi connectivity index (χ1) is 5.33. The lowest BCUT2D eigenvalue weighted by atomic mass is 10.5. The van der Waals surface area contributed by atoms with Gasteiger partial charge in [0.1, 0.15) is 5.82 Å². The highest BCUT2D eigenvalue weighted by atomic mass is 19.1. The average Bonchev–Trinajstić information content (AvgIpc) is 2.10. The van der Waals surface area contributed by atoms with Crippen LogP contribution in [0.4, 0.5) is 4.39 Å². The van der Waals surface area contributed by atoms with Gasteiger partial charge in [-0.25, -0.2) is 9.37 Å². The van der Waals surface area contributed by atoms with Crippen molar-refractivity contribution in [2.75, 3.05) is 7.11 Å². The van der Waals surface area contributed by atoms with Gasteiger partial charge in [0.15, 0.2) is 0 Å². The molecular weight excluding hydrogens is 145 g/mol. The van der Waals surface area contributed by atoms with E-state index in [-0.39, 0.29) is 5.82 Å². The van der Waals surface area contributed by atoms with Gasteiger partial charge in [0.25, 0.3) is 0 Å². The molecule has 11 heavy (non-hydrogen) atoms. The zero-order valence-corrected chi connectivity index (χ0v) is 6.97. The molecule has 0 radical (unpaired) electrons. The minimum atomic E-state index is -0.351. The smallest absolute Gasteiger partial charge is 0.213 e. The van der Waals surface area contributed by atoms with E-state index in [9.17, 15) is 4.39 Å². The van der Waals surface area contributed by atoms with Crippen molar-refractivity contribution < 1.29 is 9.13 Å². The Morgan fingerprint density at radius 3 is 2.36 bits per heavy atom. The van der Waals surface area contributed by atoms with Gasteiger partial charge in [0.05, 0.1) is 13.3 Å². The molecule has 0 amide bonds. The molecule has 0 fully saturated rings. The van der Waals surface area contributed by atoms with Crippen LogP contribution in [0.3, 0.4) is 0 Å². The largest absolute Gasteiger partial charge is 0.481 e. The van der Waals surface area contributed by atoms with Crippen LogP contribution in [0.5, 0.6) is 5.88 Å². The van der Waals surface area contributed by atoms with E-state index in [0.717, 1.165) is 6.20 Å². The maximum absolute atomic E-state index is 12.1. The molecule has 0 unspecified atom stereocenters. The normalized spacial score (nSPS) is 8.00. The van der Waals surface area contributed by atoms with Crippen LogP contribution in [0.2, 0.25) is 0 Å². The van der Waals surface area contributed by atoms with E-state index in [0.29, 0.717) is 5.88 Å². The predicted octanol–water partition coefficient (Wildman–Crippen LogP) is 2.26. The van der Waals surface area contributed by atoms with Crippen molar-refractivity contribution in [2.24, 2.45) is 0 Å². The summed E-state index contributed by atoms with van der Waals surface area (Å²) in [6, 6.07) is 2.77. The second-order valence-electron chi connectivity index (χ2n) is 1.52. The molecule has 0 aliphatic rings. The van der Waals surface area contributed by atoms with Gasteiger partial charge in [-0.1, -0.05) is 13.8 Å². The molecule has 3 heteroatoms. The summed E-state index contributed by atoms with van der Waals surface area (Å²) >= 11 is 0. The molecule has 2 nitrogen and oxygen atoms in total. The van der Waals surface area contributed by atoms with Crippen LogP contribution < -0.4 is 4.74 Å². The van der Waals surface area contributed by atoms with Crippen molar-refractivity contribution >= 4 is 0 Å². The molecule has 0 bridgehead atoms. The number of methoxy groups -OCH3 is 1. The van der Waals surface area contributed by atoms with Crippen LogP contribution in [0.15, 0.2) is 18.3 Å². The molecule has 0 saturated carbocycles. The molecule has 62 valence electrons. The van der Waals surface area contributed by atoms with Crippen LogP contribution >= 0.6 is 0 Å². The molecule has 1 heterocycles. The molecule has 1 aromatic rings. The third-order valence-electron chi connectivity index (χ3n) is 0.909. The molecular formula is C8H12FNO. The van der Waals surface area contributed by atoms with E-state index in [2.05, 4.69) is 4.98 Å². The van der Waals surface area contributed by atoms with Crippen molar-refractivity contribution in [2.45, 2.75) is 13.8 Å². The van der Waals surface area contributed by atoms with Gasteiger partial charge in [-0.05, 0) is 6.07 Å². The Bertz CT molecular complexity index is 186. The minimum Gasteiger partial charge on any atom is -0.481 e. The molecule has 0 atom stereocenters. The van der Waals surface area contributed by atoms with E-state index in [1.807, 2.05) is 13.8 Å². The summed E-state index contributed by atoms with van der Waals surface area (Å²) < 4.78 is 16.8. The molecule has 0 aromatic carbocycles. The van der Waals surface area contributed by atoms with Gasteiger partial charge in [0, 0.05) is 6.07 Å². The second kappa shape index (κ2) is 5.65. The van der Waals surface area contributed by atoms with Crippen molar-refractivity contribution in [3.8, 4) is 5.88 Å². The zero-order chi connectivity index (χ0) is 8.69. The summed E-state index contributed by atoms with van der Waals surface area (Å²) in [5, 5.41) is 0. The first-order valence-electron chi connectivity index (χ1n) is 3.48. The maximum atomic E-state index is 12.1. The molecule has 1 aromatic heterocycles. The van der Waals surface area contributed by atoms with Gasteiger partial charge in [0.2, 0.25) is 5.88 Å². The number of pyridine rings is 1. The Balaban J connectivity index is 0.000000461. The number of rotatable bonds is 1. The summed E-state index contributed by atoms with van der Waals surface area (Å²) in [6.45, 7) is 4.00. The third kappa shape index (κ3) is 3.55. The summed E-state index contributed by atoms with van der Waals surface area (Å²) in [7, 11) is 1.49. The topological polar surface area (TPSA) is 22.1 Å². The molecule has 0 saturated heterocycles. The summed E-state index contributed by atoms with van der Waals surface area (Å²) in [5.41, 5.74) is 0.